The van der Waals surface area contributed by atoms with Gasteiger partial charge in [-0.05, 0) is 71.9 Å². The smallest absolute Gasteiger partial charge is 0.332 e. The van der Waals surface area contributed by atoms with Gasteiger partial charge in [0.1, 0.15) is 30.0 Å². The van der Waals surface area contributed by atoms with E-state index in [1.54, 1.807) is 44.4 Å². The summed E-state index contributed by atoms with van der Waals surface area (Å²) in [6, 6.07) is 7.21. The molecular weight excluding hydrogens is 468 g/mol. The van der Waals surface area contributed by atoms with E-state index in [4.69, 9.17) is 28.4 Å². The Morgan fingerprint density at radius 3 is 2.42 bits per heavy atom. The van der Waals surface area contributed by atoms with Gasteiger partial charge in [-0.3, -0.25) is 0 Å². The molecule has 1 saturated heterocycles. The van der Waals surface area contributed by atoms with Crippen molar-refractivity contribution in [3.8, 4) is 11.5 Å². The second-order valence-electron chi connectivity index (χ2n) is 8.38. The first-order chi connectivity index (χ1) is 14.4. The molecular formula is C23H33BrO7. The Morgan fingerprint density at radius 2 is 1.90 bits per heavy atom. The first-order valence-corrected chi connectivity index (χ1v) is 11.1. The zero-order valence-corrected chi connectivity index (χ0v) is 20.9. The van der Waals surface area contributed by atoms with Crippen LogP contribution in [0.2, 0.25) is 0 Å². The maximum Gasteiger partial charge on any atom is 0.332 e. The molecule has 1 aliphatic rings. The Hall–Kier alpha value is -1.61. The molecule has 1 aromatic carbocycles. The highest BCUT2D eigenvalue weighted by atomic mass is 79.9. The van der Waals surface area contributed by atoms with Crippen LogP contribution in [0.5, 0.6) is 11.5 Å². The highest BCUT2D eigenvalue weighted by Crippen LogP contribution is 2.27. The Morgan fingerprint density at radius 1 is 1.29 bits per heavy atom. The molecule has 1 fully saturated rings. The van der Waals surface area contributed by atoms with Crippen LogP contribution in [0.25, 0.3) is 0 Å². The summed E-state index contributed by atoms with van der Waals surface area (Å²) < 4.78 is 34.0. The predicted molar refractivity (Wildman–Crippen MR) is 121 cm³/mol. The maximum atomic E-state index is 12.5. The van der Waals surface area contributed by atoms with Crippen molar-refractivity contribution in [2.45, 2.75) is 70.0 Å². The molecule has 1 unspecified atom stereocenters. The largest absolute Gasteiger partial charge is 0.497 e. The van der Waals surface area contributed by atoms with Gasteiger partial charge in [0.15, 0.2) is 11.9 Å². The molecule has 0 radical (unpaired) electrons. The van der Waals surface area contributed by atoms with Crippen molar-refractivity contribution in [2.75, 3.05) is 20.3 Å². The molecule has 0 aromatic heterocycles. The maximum absolute atomic E-state index is 12.5. The topological polar surface area (TPSA) is 72.5 Å². The summed E-state index contributed by atoms with van der Waals surface area (Å²) in [6.07, 6.45) is 0.563. The van der Waals surface area contributed by atoms with E-state index in [0.29, 0.717) is 18.1 Å². The summed E-state index contributed by atoms with van der Waals surface area (Å²) in [5.41, 5.74) is -0.521. The van der Waals surface area contributed by atoms with Crippen molar-refractivity contribution >= 4 is 21.9 Å². The molecule has 1 aromatic rings. The average molecular weight is 501 g/mol. The molecule has 2 rings (SSSR count). The Kier molecular flexibility index (Phi) is 8.94. The number of benzene rings is 1. The van der Waals surface area contributed by atoms with Crippen LogP contribution >= 0.6 is 15.9 Å². The third kappa shape index (κ3) is 8.11. The van der Waals surface area contributed by atoms with Crippen LogP contribution in [0, 0.1) is 0 Å². The quantitative estimate of drug-likeness (QED) is 0.263. The number of allylic oxidation sites excluding steroid dienone is 1. The third-order valence-electron chi connectivity index (χ3n) is 4.92. The molecule has 0 N–H and O–H groups in total. The molecule has 0 spiro atoms. The SMILES string of the molecule is COc1ccc(O/C(C)=C/[C@H](OC(=O)COC(C)(C)C(C)Br)[C@@H]2COC(C)(C)O2)cc1. The van der Waals surface area contributed by atoms with Crippen molar-refractivity contribution in [1.29, 1.82) is 0 Å². The number of carbonyl (C=O) groups excluding carboxylic acids is 1. The van der Waals surface area contributed by atoms with E-state index in [0.717, 1.165) is 5.75 Å². The van der Waals surface area contributed by atoms with Gasteiger partial charge in [0.05, 0.1) is 19.3 Å². The lowest BCUT2D eigenvalue weighted by molar-refractivity contribution is -0.172. The van der Waals surface area contributed by atoms with Crippen LogP contribution in [0.15, 0.2) is 36.1 Å². The highest BCUT2D eigenvalue weighted by molar-refractivity contribution is 9.09. The molecule has 174 valence electrons. The van der Waals surface area contributed by atoms with E-state index >= 15 is 0 Å². The van der Waals surface area contributed by atoms with Crippen LogP contribution in [0.1, 0.15) is 41.5 Å². The Balaban J connectivity index is 2.08. The second-order valence-corrected chi connectivity index (χ2v) is 9.76. The van der Waals surface area contributed by atoms with Gasteiger partial charge in [0.25, 0.3) is 0 Å². The Bertz CT molecular complexity index is 756. The number of carbonyl (C=O) groups is 1. The number of hydrogen-bond donors (Lipinski definition) is 0. The van der Waals surface area contributed by atoms with E-state index in [-0.39, 0.29) is 11.4 Å². The van der Waals surface area contributed by atoms with E-state index in [1.807, 2.05) is 34.6 Å². The molecule has 0 amide bonds. The third-order valence-corrected chi connectivity index (χ3v) is 6.02. The monoisotopic (exact) mass is 500 g/mol. The summed E-state index contributed by atoms with van der Waals surface area (Å²) in [4.78, 5) is 12.6. The van der Waals surface area contributed by atoms with E-state index < -0.39 is 29.6 Å². The van der Waals surface area contributed by atoms with E-state index in [1.165, 1.54) is 0 Å². The summed E-state index contributed by atoms with van der Waals surface area (Å²) in [5, 5.41) is 0. The highest BCUT2D eigenvalue weighted by Gasteiger charge is 2.39. The number of methoxy groups -OCH3 is 1. The van der Waals surface area contributed by atoms with Crippen LogP contribution in [0.3, 0.4) is 0 Å². The van der Waals surface area contributed by atoms with Crippen molar-refractivity contribution < 1.29 is 33.2 Å². The average Bonchev–Trinajstić information content (AvgIpc) is 3.06. The van der Waals surface area contributed by atoms with E-state index in [9.17, 15) is 4.79 Å². The van der Waals surface area contributed by atoms with Gasteiger partial charge < -0.3 is 28.4 Å². The van der Waals surface area contributed by atoms with Gasteiger partial charge in [-0.15, -0.1) is 0 Å². The summed E-state index contributed by atoms with van der Waals surface area (Å²) in [6.45, 7) is 11.3. The van der Waals surface area contributed by atoms with Crippen LogP contribution < -0.4 is 9.47 Å². The molecule has 31 heavy (non-hydrogen) atoms. The number of ether oxygens (including phenoxy) is 6. The molecule has 1 aliphatic heterocycles. The number of esters is 1. The lowest BCUT2D eigenvalue weighted by Gasteiger charge is -2.28. The Labute approximate surface area is 193 Å². The fourth-order valence-electron chi connectivity index (χ4n) is 2.74. The molecule has 0 saturated carbocycles. The summed E-state index contributed by atoms with van der Waals surface area (Å²) in [7, 11) is 1.61. The molecule has 3 atom stereocenters. The minimum absolute atomic E-state index is 0.0657. The lowest BCUT2D eigenvalue weighted by Crippen LogP contribution is -2.38. The molecule has 8 heteroatoms. The lowest BCUT2D eigenvalue weighted by atomic mass is 10.1. The van der Waals surface area contributed by atoms with Gasteiger partial charge in [-0.1, -0.05) is 15.9 Å². The number of alkyl halides is 1. The second kappa shape index (κ2) is 10.8. The van der Waals surface area contributed by atoms with Gasteiger partial charge in [-0.2, -0.15) is 0 Å². The van der Waals surface area contributed by atoms with Crippen molar-refractivity contribution in [3.05, 3.63) is 36.1 Å². The first kappa shape index (κ1) is 25.6. The number of hydrogen-bond acceptors (Lipinski definition) is 7. The summed E-state index contributed by atoms with van der Waals surface area (Å²) in [5.74, 6) is 0.692. The standard InChI is InChI=1S/C23H33BrO7/c1-15(29-18-10-8-17(26-7)9-11-18)12-19(20-13-28-23(5,6)31-20)30-21(25)14-27-22(3,4)16(2)24/h8-12,16,19-20H,13-14H2,1-7H3/b15-12+/t16?,19-,20-/m0/s1. The van der Waals surface area contributed by atoms with Gasteiger partial charge in [0.2, 0.25) is 0 Å². The fourth-order valence-corrected chi connectivity index (χ4v) is 2.87. The first-order valence-electron chi connectivity index (χ1n) is 10.2. The van der Waals surface area contributed by atoms with Crippen LogP contribution in [0.4, 0.5) is 0 Å². The fraction of sp³-hybridized carbons (Fsp3) is 0.609. The normalized spacial score (nSPS) is 20.8. The van der Waals surface area contributed by atoms with Crippen LogP contribution in [-0.4, -0.2) is 54.7 Å². The molecule has 0 bridgehead atoms. The van der Waals surface area contributed by atoms with E-state index in [2.05, 4.69) is 15.9 Å². The van der Waals surface area contributed by atoms with Crippen molar-refractivity contribution in [2.24, 2.45) is 0 Å². The predicted octanol–water partition coefficient (Wildman–Crippen LogP) is 4.62. The minimum atomic E-state index is -0.752. The van der Waals surface area contributed by atoms with Crippen LogP contribution in [-0.2, 0) is 23.7 Å². The number of rotatable bonds is 10. The zero-order valence-electron chi connectivity index (χ0n) is 19.3. The number of halogens is 1. The minimum Gasteiger partial charge on any atom is -0.497 e. The van der Waals surface area contributed by atoms with Crippen molar-refractivity contribution in [3.63, 3.8) is 0 Å². The molecule has 7 nitrogen and oxygen atoms in total. The molecule has 0 aliphatic carbocycles. The van der Waals surface area contributed by atoms with Crippen molar-refractivity contribution in [1.82, 2.24) is 0 Å². The van der Waals surface area contributed by atoms with Gasteiger partial charge in [-0.25, -0.2) is 4.79 Å². The molecule has 1 heterocycles. The summed E-state index contributed by atoms with van der Waals surface area (Å²) >= 11 is 3.49. The zero-order chi connectivity index (χ0) is 23.2. The van der Waals surface area contributed by atoms with Gasteiger partial charge >= 0.3 is 5.97 Å². The van der Waals surface area contributed by atoms with Gasteiger partial charge in [0, 0.05) is 4.83 Å².